The van der Waals surface area contributed by atoms with Crippen molar-refractivity contribution in [2.24, 2.45) is 0 Å². The quantitative estimate of drug-likeness (QED) is 0.123. The molecule has 300 valence electrons. The minimum Gasteiger partial charge on any atom is -1.00 e. The van der Waals surface area contributed by atoms with Crippen LogP contribution in [0.1, 0.15) is 5.56 Å². The zero-order valence-corrected chi connectivity index (χ0v) is 41.8. The Morgan fingerprint density at radius 2 is 0.855 bits per heavy atom. The maximum absolute atomic E-state index is 5.78. The third-order valence-corrected chi connectivity index (χ3v) is 14.7. The van der Waals surface area contributed by atoms with E-state index in [2.05, 4.69) is 91.0 Å². The molecule has 4 aromatic carbocycles. The first-order valence-electron chi connectivity index (χ1n) is 15.1. The number of fused-ring (bicyclic) bond motifs is 7. The highest BCUT2D eigenvalue weighted by atomic mass is 79.9. The second-order valence-electron chi connectivity index (χ2n) is 10.4. The number of methoxy groups -OCH3 is 3. The monoisotopic (exact) mass is 1100 g/mol. The predicted octanol–water partition coefficient (Wildman–Crippen LogP) is 12.6. The number of hydrogen-bond donors (Lipinski definition) is 0. The lowest BCUT2D eigenvalue weighted by atomic mass is 10.2. The van der Waals surface area contributed by atoms with Gasteiger partial charge in [-0.25, -0.2) is 0 Å². The molecule has 0 atom stereocenters. The van der Waals surface area contributed by atoms with Crippen molar-refractivity contribution >= 4 is 205 Å². The van der Waals surface area contributed by atoms with Crippen molar-refractivity contribution < 1.29 is 31.2 Å². The molecule has 1 aliphatic heterocycles. The standard InChI is InChI=1S/C32H26O3PS2.4CHCl3.BrH/c1-33-24-17-20(18-25(34-2)28(24)35-3)19-36(21-11-5-4-6-12-21)29-22-13-7-9-15-26(22)37-31(29)32-30(36)23-14-8-10-16-27(23)38-32;4*2-1(3)4;/h4-18H,19H2,1-3H3;4*1H;1H/q+1;;;;;/p-1. The van der Waals surface area contributed by atoms with E-state index in [-0.39, 0.29) is 17.0 Å². The van der Waals surface area contributed by atoms with Crippen molar-refractivity contribution in [3.05, 3.63) is 96.6 Å². The summed E-state index contributed by atoms with van der Waals surface area (Å²) in [6.07, 6.45) is 0.870. The summed E-state index contributed by atoms with van der Waals surface area (Å²) in [4.78, 5) is 2.87. The molecule has 0 spiro atoms. The molecule has 0 radical (unpaired) electrons. The van der Waals surface area contributed by atoms with Gasteiger partial charge in [0.05, 0.1) is 37.2 Å². The Bertz CT molecular complexity index is 1930. The van der Waals surface area contributed by atoms with Crippen molar-refractivity contribution in [2.45, 2.75) is 23.3 Å². The first-order chi connectivity index (χ1) is 25.6. The summed E-state index contributed by atoms with van der Waals surface area (Å²) in [6.45, 7) is 0. The lowest BCUT2D eigenvalue weighted by Crippen LogP contribution is -3.00. The molecule has 6 aromatic rings. The van der Waals surface area contributed by atoms with Crippen LogP contribution in [0.15, 0.2) is 91.0 Å². The summed E-state index contributed by atoms with van der Waals surface area (Å²) in [7, 11) is 2.92. The maximum atomic E-state index is 5.78. The van der Waals surface area contributed by atoms with Gasteiger partial charge in [-0.05, 0) is 54.1 Å². The molecule has 0 amide bonds. The molecule has 0 saturated heterocycles. The molecule has 55 heavy (non-hydrogen) atoms. The zero-order valence-electron chi connectivity index (χ0n) is 28.6. The fourth-order valence-corrected chi connectivity index (χ4v) is 14.6. The Morgan fingerprint density at radius 1 is 0.509 bits per heavy atom. The molecule has 3 nitrogen and oxygen atoms in total. The van der Waals surface area contributed by atoms with Crippen LogP contribution in [0.4, 0.5) is 0 Å². The van der Waals surface area contributed by atoms with Gasteiger partial charge in [-0.3, -0.25) is 0 Å². The van der Waals surface area contributed by atoms with Gasteiger partial charge in [0.2, 0.25) is 5.75 Å². The molecule has 2 aromatic heterocycles. The molecule has 7 rings (SSSR count). The van der Waals surface area contributed by atoms with E-state index in [0.717, 1.165) is 6.16 Å². The molecule has 0 fully saturated rings. The zero-order chi connectivity index (χ0) is 40.2. The van der Waals surface area contributed by atoms with Crippen LogP contribution in [0.2, 0.25) is 0 Å². The third kappa shape index (κ3) is 14.1. The van der Waals surface area contributed by atoms with Gasteiger partial charge in [-0.1, -0.05) is 182 Å². The van der Waals surface area contributed by atoms with E-state index < -0.39 is 24.4 Å². The van der Waals surface area contributed by atoms with Gasteiger partial charge in [0, 0.05) is 20.2 Å². The molecule has 0 aliphatic carbocycles. The summed E-state index contributed by atoms with van der Waals surface area (Å²) >= 11 is 61.6. The molecule has 3 heterocycles. The average molecular weight is 1110 g/mol. The van der Waals surface area contributed by atoms with Crippen LogP contribution in [0.3, 0.4) is 0 Å². The normalized spacial score (nSPS) is 11.9. The Morgan fingerprint density at radius 3 is 1.20 bits per heavy atom. The van der Waals surface area contributed by atoms with Crippen LogP contribution in [0, 0.1) is 0 Å². The van der Waals surface area contributed by atoms with Gasteiger partial charge in [0.1, 0.15) is 23.2 Å². The number of ether oxygens (including phenoxy) is 3. The van der Waals surface area contributed by atoms with Crippen molar-refractivity contribution in [1.29, 1.82) is 0 Å². The first kappa shape index (κ1) is 51.7. The second-order valence-corrected chi connectivity index (χ2v) is 23.7. The van der Waals surface area contributed by atoms with Crippen LogP contribution in [0.25, 0.3) is 29.9 Å². The molecule has 0 N–H and O–H groups in total. The molecule has 0 saturated carbocycles. The van der Waals surface area contributed by atoms with Crippen molar-refractivity contribution in [3.63, 3.8) is 0 Å². The van der Waals surface area contributed by atoms with Crippen molar-refractivity contribution in [1.82, 2.24) is 0 Å². The Kier molecular flexibility index (Phi) is 23.9. The summed E-state index contributed by atoms with van der Waals surface area (Å²) in [5.41, 5.74) is 1.18. The molecule has 1 aliphatic rings. The van der Waals surface area contributed by atoms with E-state index in [1.165, 1.54) is 51.4 Å². The van der Waals surface area contributed by atoms with Crippen LogP contribution in [0.5, 0.6) is 17.2 Å². The van der Waals surface area contributed by atoms with Gasteiger partial charge < -0.3 is 31.2 Å². The highest BCUT2D eigenvalue weighted by Crippen LogP contribution is 2.69. The lowest BCUT2D eigenvalue weighted by molar-refractivity contribution is -0.0000103. The average Bonchev–Trinajstić information content (AvgIpc) is 3.76. The van der Waals surface area contributed by atoms with E-state index in [0.29, 0.717) is 17.2 Å². The topological polar surface area (TPSA) is 27.7 Å². The van der Waals surface area contributed by atoms with Gasteiger partial charge in [-0.15, -0.1) is 22.7 Å². The number of rotatable bonds is 6. The lowest BCUT2D eigenvalue weighted by Gasteiger charge is -2.25. The van der Waals surface area contributed by atoms with E-state index in [4.69, 9.17) is 153 Å². The van der Waals surface area contributed by atoms with E-state index in [1.807, 2.05) is 22.7 Å². The van der Waals surface area contributed by atoms with Crippen LogP contribution < -0.4 is 47.1 Å². The fourth-order valence-electron chi connectivity index (χ4n) is 5.93. The number of thiophene rings is 2. The van der Waals surface area contributed by atoms with Crippen molar-refractivity contribution in [2.75, 3.05) is 21.3 Å². The van der Waals surface area contributed by atoms with Gasteiger partial charge in [0.25, 0.3) is 0 Å². The van der Waals surface area contributed by atoms with Gasteiger partial charge in [-0.2, -0.15) is 0 Å². The largest absolute Gasteiger partial charge is 1.00 e. The Hall–Kier alpha value is 0.590. The Labute approximate surface area is 400 Å². The van der Waals surface area contributed by atoms with Crippen LogP contribution in [-0.4, -0.2) is 38.5 Å². The second kappa shape index (κ2) is 25.4. The summed E-state index contributed by atoms with van der Waals surface area (Å²) in [6, 6.07) is 33.3. The number of hydrogen-bond acceptors (Lipinski definition) is 5. The third-order valence-electron chi connectivity index (χ3n) is 7.45. The fraction of sp³-hybridized carbons (Fsp3) is 0.222. The summed E-state index contributed by atoms with van der Waals surface area (Å²) in [5, 5.41) is 7.20. The number of halogens is 13. The van der Waals surface area contributed by atoms with Gasteiger partial charge in [0.15, 0.2) is 28.7 Å². The van der Waals surface area contributed by atoms with Crippen LogP contribution in [-0.2, 0) is 6.16 Å². The Balaban J connectivity index is 0.000000527. The molecule has 0 unspecified atom stereocenters. The minimum absolute atomic E-state index is 0. The first-order valence-corrected chi connectivity index (χ1v) is 23.9. The minimum atomic E-state index is -2.11. The smallest absolute Gasteiger partial charge is 0.203 e. The molecule has 0 bridgehead atoms. The highest BCUT2D eigenvalue weighted by Gasteiger charge is 2.57. The van der Waals surface area contributed by atoms with E-state index in [9.17, 15) is 0 Å². The summed E-state index contributed by atoms with van der Waals surface area (Å²) < 4.78 is 16.9. The van der Waals surface area contributed by atoms with Crippen molar-refractivity contribution in [3.8, 4) is 27.0 Å². The molecule has 19 heteroatoms. The predicted molar refractivity (Wildman–Crippen MR) is 250 cm³/mol. The maximum Gasteiger partial charge on any atom is 0.203 e. The van der Waals surface area contributed by atoms with E-state index >= 15 is 0 Å². The molecular formula is C36H30BrCl12O3PS2. The van der Waals surface area contributed by atoms with Crippen LogP contribution >= 0.6 is 169 Å². The number of alkyl halides is 12. The molecular weight excluding hydrogens is 1080 g/mol. The highest BCUT2D eigenvalue weighted by molar-refractivity contribution is 7.97. The summed E-state index contributed by atoms with van der Waals surface area (Å²) in [5.74, 6) is 2.01. The SMILES string of the molecule is COc1cc(C[P+]2(c3ccccc3)c3c(sc4ccccc34)-c3sc4ccccc4c32)cc(OC)c1OC.ClC(Cl)Cl.ClC(Cl)Cl.ClC(Cl)Cl.ClC(Cl)Cl.[Br-]. The van der Waals surface area contributed by atoms with E-state index in [1.54, 1.807) is 21.3 Å². The number of benzene rings is 4. The van der Waals surface area contributed by atoms with Gasteiger partial charge >= 0.3 is 0 Å².